The number of anilines is 1. The Balaban J connectivity index is 1.27. The Hall–Kier alpha value is -3.80. The lowest BCUT2D eigenvalue weighted by molar-refractivity contribution is 0.214. The maximum Gasteiger partial charge on any atom is 0.295 e. The van der Waals surface area contributed by atoms with Gasteiger partial charge in [-0.05, 0) is 63.5 Å². The Labute approximate surface area is 256 Å². The van der Waals surface area contributed by atoms with Gasteiger partial charge in [-0.2, -0.15) is 0 Å². The van der Waals surface area contributed by atoms with Crippen LogP contribution in [0.3, 0.4) is 0 Å². The summed E-state index contributed by atoms with van der Waals surface area (Å²) in [7, 11) is -3.34. The summed E-state index contributed by atoms with van der Waals surface area (Å²) in [5.74, 6) is 1.47. The fraction of sp³-hybridized carbons (Fsp3) is 0.531. The first-order valence-corrected chi connectivity index (χ1v) is 17.5. The maximum atomic E-state index is 14.0. The number of pyridine rings is 1. The van der Waals surface area contributed by atoms with E-state index in [1.807, 2.05) is 0 Å². The van der Waals surface area contributed by atoms with Gasteiger partial charge in [-0.1, -0.05) is 19.8 Å². The molecule has 7 rings (SSSR count). The van der Waals surface area contributed by atoms with E-state index in [2.05, 4.69) is 17.2 Å². The second-order valence-corrected chi connectivity index (χ2v) is 14.7. The van der Waals surface area contributed by atoms with Crippen molar-refractivity contribution in [3.05, 3.63) is 68.5 Å². The average molecular weight is 615 g/mol. The van der Waals surface area contributed by atoms with E-state index in [4.69, 9.17) is 24.9 Å². The smallest absolute Gasteiger partial charge is 0.295 e. The molecule has 1 N–H and O–H groups in total. The predicted octanol–water partition coefficient (Wildman–Crippen LogP) is 3.20. The Kier molecular flexibility index (Phi) is 7.63. The zero-order chi connectivity index (χ0) is 30.4. The molecular weight excluding hydrogens is 576 g/mol. The molecule has 1 atom stereocenters. The van der Waals surface area contributed by atoms with Crippen LogP contribution < -0.4 is 21.7 Å². The fourth-order valence-electron chi connectivity index (χ4n) is 6.30. The van der Waals surface area contributed by atoms with Crippen LogP contribution >= 0.6 is 0 Å². The lowest BCUT2D eigenvalue weighted by atomic mass is 9.80. The molecule has 3 aromatic heterocycles. The van der Waals surface area contributed by atoms with Gasteiger partial charge in [0.2, 0.25) is 0 Å². The minimum Gasteiger partial charge on any atom is -0.360 e. The summed E-state index contributed by atoms with van der Waals surface area (Å²) in [6, 6.07) is 3.16. The van der Waals surface area contributed by atoms with E-state index in [0.29, 0.717) is 40.8 Å². The topological polar surface area (TPSA) is 144 Å². The van der Waals surface area contributed by atoms with Gasteiger partial charge in [-0.15, -0.1) is 0 Å². The molecule has 0 aromatic carbocycles. The van der Waals surface area contributed by atoms with E-state index in [1.54, 1.807) is 36.2 Å². The highest BCUT2D eigenvalue weighted by molar-refractivity contribution is 7.91. The third-order valence-electron chi connectivity index (χ3n) is 9.70. The molecule has 4 heterocycles. The average Bonchev–Trinajstić information content (AvgIpc) is 3.82. The molecule has 0 bridgehead atoms. The molecule has 3 aliphatic carbocycles. The maximum absolute atomic E-state index is 14.0. The molecule has 0 unspecified atom stereocenters. The van der Waals surface area contributed by atoms with Crippen LogP contribution in [0, 0.1) is 5.92 Å². The minimum atomic E-state index is -3.34. The quantitative estimate of drug-likeness (QED) is 0.367. The van der Waals surface area contributed by atoms with E-state index in [-0.39, 0.29) is 34.6 Å². The van der Waals surface area contributed by atoms with Crippen LogP contribution in [0.4, 0.5) is 5.82 Å². The minimum absolute atomic E-state index is 0.0108. The standard InChI is InChI=1S/C32H38N8O3S/c1-3-44(42,43)24-13-12-23(33-15-24)14-35-30-32(41)40(19(2)20-6-4-7-20)31-26(39-30)17-34-25(16-36-31)27-28(21-8-5-9-21)37-18-38-29(27)22-10-11-22/h12-13,15,17-22H,3-11,14,16H2,1-2H3,(H,35,39)/t19-/m0/s1. The van der Waals surface area contributed by atoms with Gasteiger partial charge in [-0.25, -0.2) is 23.4 Å². The second kappa shape index (κ2) is 11.6. The van der Waals surface area contributed by atoms with Crippen LogP contribution in [0.15, 0.2) is 44.3 Å². The first-order chi connectivity index (χ1) is 21.3. The molecule has 0 saturated heterocycles. The SMILES string of the molecule is CCS(=O)(=O)c1ccc(CNc2nc3c(n([C@@H](C)C4CCC4)c2=O)=NCC(c2c(C4CCC4)ncnc2C2CC2)=NC=3)nc1. The van der Waals surface area contributed by atoms with Gasteiger partial charge in [-0.3, -0.25) is 24.3 Å². The van der Waals surface area contributed by atoms with Gasteiger partial charge in [0.05, 0.1) is 52.7 Å². The van der Waals surface area contributed by atoms with Crippen LogP contribution in [0.25, 0.3) is 6.20 Å². The van der Waals surface area contributed by atoms with Gasteiger partial charge >= 0.3 is 0 Å². The third-order valence-corrected chi connectivity index (χ3v) is 11.4. The third kappa shape index (κ3) is 5.37. The molecule has 3 saturated carbocycles. The van der Waals surface area contributed by atoms with Crippen molar-refractivity contribution in [3.63, 3.8) is 0 Å². The molecule has 1 aliphatic heterocycles. The van der Waals surface area contributed by atoms with Gasteiger partial charge in [0.1, 0.15) is 11.7 Å². The van der Waals surface area contributed by atoms with Gasteiger partial charge in [0, 0.05) is 29.6 Å². The van der Waals surface area contributed by atoms with E-state index in [1.165, 1.54) is 12.6 Å². The summed E-state index contributed by atoms with van der Waals surface area (Å²) >= 11 is 0. The highest BCUT2D eigenvalue weighted by Crippen LogP contribution is 2.44. The Morgan fingerprint density at radius 3 is 2.32 bits per heavy atom. The zero-order valence-corrected chi connectivity index (χ0v) is 26.1. The number of aromatic nitrogens is 5. The van der Waals surface area contributed by atoms with Crippen LogP contribution in [-0.2, 0) is 16.4 Å². The molecule has 0 amide bonds. The Morgan fingerprint density at radius 1 is 1.00 bits per heavy atom. The number of rotatable bonds is 10. The van der Waals surface area contributed by atoms with Crippen LogP contribution in [0.1, 0.15) is 106 Å². The van der Waals surface area contributed by atoms with Crippen molar-refractivity contribution in [2.75, 3.05) is 17.6 Å². The highest BCUT2D eigenvalue weighted by atomic mass is 32.2. The van der Waals surface area contributed by atoms with Crippen molar-refractivity contribution in [1.82, 2.24) is 24.5 Å². The van der Waals surface area contributed by atoms with Crippen molar-refractivity contribution in [1.29, 1.82) is 0 Å². The molecule has 12 heteroatoms. The number of aliphatic imine (C=N–C) groups is 1. The lowest BCUT2D eigenvalue weighted by Gasteiger charge is -2.32. The van der Waals surface area contributed by atoms with Crippen molar-refractivity contribution in [3.8, 4) is 0 Å². The summed E-state index contributed by atoms with van der Waals surface area (Å²) in [4.78, 5) is 42.7. The first kappa shape index (κ1) is 28.9. The first-order valence-electron chi connectivity index (χ1n) is 15.8. The summed E-state index contributed by atoms with van der Waals surface area (Å²) in [6.45, 7) is 4.25. The predicted molar refractivity (Wildman–Crippen MR) is 167 cm³/mol. The monoisotopic (exact) mass is 614 g/mol. The fourth-order valence-corrected chi connectivity index (χ4v) is 7.12. The number of hydrogen-bond acceptors (Lipinski definition) is 10. The summed E-state index contributed by atoms with van der Waals surface area (Å²) in [5, 5.41) is 3.71. The van der Waals surface area contributed by atoms with Gasteiger partial charge < -0.3 is 5.32 Å². The Bertz CT molecular complexity index is 1910. The molecule has 230 valence electrons. The molecule has 0 radical (unpaired) electrons. The largest absolute Gasteiger partial charge is 0.360 e. The van der Waals surface area contributed by atoms with Crippen LogP contribution in [-0.4, -0.2) is 50.9 Å². The van der Waals surface area contributed by atoms with Crippen molar-refractivity contribution in [2.24, 2.45) is 15.9 Å². The van der Waals surface area contributed by atoms with E-state index in [9.17, 15) is 13.2 Å². The summed E-state index contributed by atoms with van der Waals surface area (Å²) in [6.07, 6.45) is 13.9. The normalized spacial score (nSPS) is 19.4. The highest BCUT2D eigenvalue weighted by Gasteiger charge is 2.34. The molecule has 3 fully saturated rings. The molecular formula is C32H38N8O3S. The molecule has 44 heavy (non-hydrogen) atoms. The van der Waals surface area contributed by atoms with Gasteiger partial charge in [0.25, 0.3) is 5.56 Å². The molecule has 4 aliphatic rings. The van der Waals surface area contributed by atoms with Crippen LogP contribution in [0.5, 0.6) is 0 Å². The van der Waals surface area contributed by atoms with Crippen molar-refractivity contribution < 1.29 is 8.42 Å². The second-order valence-electron chi connectivity index (χ2n) is 12.5. The van der Waals surface area contributed by atoms with E-state index in [0.717, 1.165) is 67.6 Å². The number of nitrogens with zero attached hydrogens (tertiary/aromatic N) is 7. The van der Waals surface area contributed by atoms with Gasteiger partial charge in [0.15, 0.2) is 21.1 Å². The van der Waals surface area contributed by atoms with Crippen LogP contribution in [0.2, 0.25) is 0 Å². The van der Waals surface area contributed by atoms with E-state index >= 15 is 0 Å². The van der Waals surface area contributed by atoms with E-state index < -0.39 is 9.84 Å². The summed E-state index contributed by atoms with van der Waals surface area (Å²) < 4.78 is 26.2. The van der Waals surface area contributed by atoms with Crippen molar-refractivity contribution >= 4 is 27.6 Å². The molecule has 0 spiro atoms. The Morgan fingerprint density at radius 2 is 1.73 bits per heavy atom. The molecule has 3 aromatic rings. The number of nitrogens with one attached hydrogen (secondary N) is 1. The number of sulfone groups is 1. The molecule has 11 nitrogen and oxygen atoms in total. The number of hydrogen-bond donors (Lipinski definition) is 1. The summed E-state index contributed by atoms with van der Waals surface area (Å²) in [5.41, 5.74) is 4.98. The van der Waals surface area contributed by atoms with Crippen molar-refractivity contribution in [2.45, 2.75) is 94.5 Å². The lowest BCUT2D eigenvalue weighted by Crippen LogP contribution is -2.49. The number of fused-ring (bicyclic) bond motifs is 1. The zero-order valence-electron chi connectivity index (χ0n) is 25.2.